The summed E-state index contributed by atoms with van der Waals surface area (Å²) in [4.78, 5) is 13.1. The molecule has 3 aromatic heterocycles. The van der Waals surface area contributed by atoms with Gasteiger partial charge in [-0.05, 0) is 30.5 Å². The molecule has 4 rings (SSSR count). The third kappa shape index (κ3) is 3.37. The van der Waals surface area contributed by atoms with Crippen molar-refractivity contribution >= 4 is 22.8 Å². The third-order valence-electron chi connectivity index (χ3n) is 3.98. The first-order chi connectivity index (χ1) is 13.0. The van der Waals surface area contributed by atoms with Crippen LogP contribution in [-0.2, 0) is 6.18 Å². The highest BCUT2D eigenvalue weighted by molar-refractivity contribution is 7.98. The molecule has 0 aliphatic rings. The fourth-order valence-electron chi connectivity index (χ4n) is 2.73. The predicted molar refractivity (Wildman–Crippen MR) is 97.1 cm³/mol. The smallest absolute Gasteiger partial charge is 0.261 e. The number of nitrogens with one attached hydrogen (secondary N) is 1. The lowest BCUT2D eigenvalue weighted by Crippen LogP contribution is -2.05. The van der Waals surface area contributed by atoms with E-state index in [1.807, 2.05) is 12.3 Å². The number of aromatic nitrogens is 5. The minimum Gasteiger partial charge on any atom is -0.261 e. The van der Waals surface area contributed by atoms with Crippen LogP contribution in [0.25, 0.3) is 33.5 Å². The second-order valence-corrected chi connectivity index (χ2v) is 6.47. The number of hydrogen-bond acceptors (Lipinski definition) is 5. The normalized spacial score (nSPS) is 11.9. The van der Waals surface area contributed by atoms with Crippen molar-refractivity contribution < 1.29 is 13.2 Å². The van der Waals surface area contributed by atoms with Gasteiger partial charge in [0.1, 0.15) is 0 Å². The van der Waals surface area contributed by atoms with Crippen LogP contribution in [0.5, 0.6) is 0 Å². The van der Waals surface area contributed by atoms with Gasteiger partial charge in [0.2, 0.25) is 0 Å². The van der Waals surface area contributed by atoms with Crippen molar-refractivity contribution in [2.45, 2.75) is 11.3 Å². The molecule has 1 aromatic carbocycles. The molecule has 0 spiro atoms. The summed E-state index contributed by atoms with van der Waals surface area (Å²) in [6, 6.07) is 8.61. The number of nitrogens with zero attached hydrogens (tertiary/aromatic N) is 4. The average molecular weight is 387 g/mol. The standard InChI is InChI=1S/C18H12F3N5S/c1-27-17-22-6-5-14(24-17)13-8-11-9-23-26-16(11)25-15(13)10-3-2-4-12(7-10)18(19,20)21/h2-9H,1H3,(H,23,25,26). The number of fused-ring (bicyclic) bond motifs is 1. The van der Waals surface area contributed by atoms with E-state index in [9.17, 15) is 13.2 Å². The van der Waals surface area contributed by atoms with E-state index in [4.69, 9.17) is 0 Å². The fourth-order valence-corrected chi connectivity index (χ4v) is 3.08. The van der Waals surface area contributed by atoms with Gasteiger partial charge in [-0.25, -0.2) is 15.0 Å². The zero-order valence-corrected chi connectivity index (χ0v) is 14.8. The van der Waals surface area contributed by atoms with Crippen molar-refractivity contribution in [3.63, 3.8) is 0 Å². The maximum absolute atomic E-state index is 13.1. The van der Waals surface area contributed by atoms with Crippen LogP contribution in [0.3, 0.4) is 0 Å². The third-order valence-corrected chi connectivity index (χ3v) is 4.54. The number of hydrogen-bond donors (Lipinski definition) is 1. The zero-order valence-electron chi connectivity index (χ0n) is 13.9. The molecular formula is C18H12F3N5S. The molecule has 27 heavy (non-hydrogen) atoms. The Labute approximate surface area is 156 Å². The van der Waals surface area contributed by atoms with E-state index >= 15 is 0 Å². The minimum absolute atomic E-state index is 0.348. The first-order valence-electron chi connectivity index (χ1n) is 7.85. The molecule has 0 radical (unpaired) electrons. The quantitative estimate of drug-likeness (QED) is 0.403. The molecule has 0 atom stereocenters. The van der Waals surface area contributed by atoms with Crippen LogP contribution >= 0.6 is 11.8 Å². The lowest BCUT2D eigenvalue weighted by atomic mass is 10.0. The van der Waals surface area contributed by atoms with Gasteiger partial charge < -0.3 is 0 Å². The van der Waals surface area contributed by atoms with E-state index in [0.717, 1.165) is 17.5 Å². The Hall–Kier alpha value is -2.94. The van der Waals surface area contributed by atoms with E-state index in [-0.39, 0.29) is 0 Å². The van der Waals surface area contributed by atoms with E-state index in [2.05, 4.69) is 25.1 Å². The van der Waals surface area contributed by atoms with E-state index in [1.54, 1.807) is 24.5 Å². The van der Waals surface area contributed by atoms with E-state index in [0.29, 0.717) is 33.3 Å². The van der Waals surface area contributed by atoms with Crippen LogP contribution in [0.4, 0.5) is 13.2 Å². The molecule has 0 saturated heterocycles. The van der Waals surface area contributed by atoms with Crippen molar-refractivity contribution in [2.24, 2.45) is 0 Å². The number of alkyl halides is 3. The molecule has 5 nitrogen and oxygen atoms in total. The molecule has 136 valence electrons. The Morgan fingerprint density at radius 3 is 2.70 bits per heavy atom. The zero-order chi connectivity index (χ0) is 19.0. The second kappa shape index (κ2) is 6.66. The first-order valence-corrected chi connectivity index (χ1v) is 9.07. The highest BCUT2D eigenvalue weighted by Gasteiger charge is 2.30. The molecular weight excluding hydrogens is 375 g/mol. The van der Waals surface area contributed by atoms with Gasteiger partial charge in [-0.2, -0.15) is 18.3 Å². The summed E-state index contributed by atoms with van der Waals surface area (Å²) >= 11 is 1.38. The summed E-state index contributed by atoms with van der Waals surface area (Å²) in [6.45, 7) is 0. The summed E-state index contributed by atoms with van der Waals surface area (Å²) in [5, 5.41) is 8.02. The lowest BCUT2D eigenvalue weighted by molar-refractivity contribution is -0.137. The Balaban J connectivity index is 1.97. The van der Waals surface area contributed by atoms with Gasteiger partial charge >= 0.3 is 6.18 Å². The summed E-state index contributed by atoms with van der Waals surface area (Å²) in [7, 11) is 0. The van der Waals surface area contributed by atoms with Crippen LogP contribution in [-0.4, -0.2) is 31.4 Å². The number of pyridine rings is 1. The predicted octanol–water partition coefficient (Wildman–Crippen LogP) is 4.82. The Kier molecular flexibility index (Phi) is 4.31. The van der Waals surface area contributed by atoms with Crippen LogP contribution in [0, 0.1) is 0 Å². The molecule has 0 aliphatic carbocycles. The fraction of sp³-hybridized carbons (Fsp3) is 0.111. The Bertz CT molecular complexity index is 1120. The maximum Gasteiger partial charge on any atom is 0.416 e. The number of H-pyrrole nitrogens is 1. The van der Waals surface area contributed by atoms with Crippen LogP contribution < -0.4 is 0 Å². The van der Waals surface area contributed by atoms with Crippen LogP contribution in [0.2, 0.25) is 0 Å². The first kappa shape index (κ1) is 17.5. The van der Waals surface area contributed by atoms with Gasteiger partial charge in [-0.1, -0.05) is 23.9 Å². The number of benzene rings is 1. The van der Waals surface area contributed by atoms with Crippen LogP contribution in [0.15, 0.2) is 53.9 Å². The molecule has 0 amide bonds. The molecule has 0 aliphatic heterocycles. The average Bonchev–Trinajstić information content (AvgIpc) is 3.14. The largest absolute Gasteiger partial charge is 0.416 e. The van der Waals surface area contributed by atoms with Gasteiger partial charge in [0, 0.05) is 22.7 Å². The molecule has 0 bridgehead atoms. The van der Waals surface area contributed by atoms with Gasteiger partial charge in [0.05, 0.1) is 23.1 Å². The Morgan fingerprint density at radius 2 is 1.93 bits per heavy atom. The summed E-state index contributed by atoms with van der Waals surface area (Å²) < 4.78 is 39.4. The SMILES string of the molecule is CSc1nccc(-c2cc3cn[nH]c3nc2-c2cccc(C(F)(F)F)c2)n1. The highest BCUT2D eigenvalue weighted by Crippen LogP contribution is 2.36. The van der Waals surface area contributed by atoms with Gasteiger partial charge in [0.15, 0.2) is 10.8 Å². The van der Waals surface area contributed by atoms with Crippen molar-refractivity contribution in [3.8, 4) is 22.5 Å². The number of thioether (sulfide) groups is 1. The van der Waals surface area contributed by atoms with Gasteiger partial charge in [-0.3, -0.25) is 5.10 Å². The summed E-state index contributed by atoms with van der Waals surface area (Å²) in [5.41, 5.74) is 1.69. The van der Waals surface area contributed by atoms with Crippen LogP contribution in [0.1, 0.15) is 5.56 Å². The number of halogens is 3. The summed E-state index contributed by atoms with van der Waals surface area (Å²) in [5.74, 6) is 0. The molecule has 9 heteroatoms. The van der Waals surface area contributed by atoms with Gasteiger partial charge in [0.25, 0.3) is 0 Å². The monoisotopic (exact) mass is 387 g/mol. The van der Waals surface area contributed by atoms with E-state index < -0.39 is 11.7 Å². The summed E-state index contributed by atoms with van der Waals surface area (Å²) in [6.07, 6.45) is 0.640. The Morgan fingerprint density at radius 1 is 1.07 bits per heavy atom. The topological polar surface area (TPSA) is 67.3 Å². The van der Waals surface area contributed by atoms with Crippen molar-refractivity contribution in [1.82, 2.24) is 25.1 Å². The number of rotatable bonds is 3. The van der Waals surface area contributed by atoms with Crippen molar-refractivity contribution in [3.05, 3.63) is 54.4 Å². The molecule has 0 unspecified atom stereocenters. The maximum atomic E-state index is 13.1. The molecule has 0 fully saturated rings. The minimum atomic E-state index is -4.44. The van der Waals surface area contributed by atoms with E-state index in [1.165, 1.54) is 17.8 Å². The lowest BCUT2D eigenvalue weighted by Gasteiger charge is -2.12. The number of aromatic amines is 1. The molecule has 4 aromatic rings. The van der Waals surface area contributed by atoms with Crippen molar-refractivity contribution in [2.75, 3.05) is 6.26 Å². The molecule has 3 heterocycles. The highest BCUT2D eigenvalue weighted by atomic mass is 32.2. The van der Waals surface area contributed by atoms with Crippen molar-refractivity contribution in [1.29, 1.82) is 0 Å². The second-order valence-electron chi connectivity index (χ2n) is 5.70. The molecule has 1 N–H and O–H groups in total. The van der Waals surface area contributed by atoms with Gasteiger partial charge in [-0.15, -0.1) is 0 Å². The molecule has 0 saturated carbocycles.